The summed E-state index contributed by atoms with van der Waals surface area (Å²) < 4.78 is 4.83. The number of carbonyl (C=O) groups is 1. The zero-order chi connectivity index (χ0) is 10.8. The number of benzene rings is 1. The standard InChI is InChI=1S/C11H6Cl2O2/c12-8-1-2-10(13)9(5-8)11(14)7-3-4-15-6-7/h1-6H. The average Bonchev–Trinajstić information content (AvgIpc) is 2.74. The van der Waals surface area contributed by atoms with Crippen LogP contribution in [-0.4, -0.2) is 5.78 Å². The molecule has 2 aromatic rings. The molecule has 76 valence electrons. The molecule has 0 bridgehead atoms. The molecule has 0 saturated carbocycles. The summed E-state index contributed by atoms with van der Waals surface area (Å²) in [7, 11) is 0. The van der Waals surface area contributed by atoms with Crippen molar-refractivity contribution in [3.63, 3.8) is 0 Å². The van der Waals surface area contributed by atoms with Crippen LogP contribution in [-0.2, 0) is 0 Å². The molecule has 0 radical (unpaired) electrons. The number of rotatable bonds is 2. The highest BCUT2D eigenvalue weighted by molar-refractivity contribution is 6.36. The number of hydrogen-bond donors (Lipinski definition) is 0. The van der Waals surface area contributed by atoms with E-state index in [2.05, 4.69) is 0 Å². The van der Waals surface area contributed by atoms with Gasteiger partial charge in [-0.3, -0.25) is 4.79 Å². The van der Waals surface area contributed by atoms with Crippen LogP contribution in [0, 0.1) is 0 Å². The highest BCUT2D eigenvalue weighted by Crippen LogP contribution is 2.23. The minimum atomic E-state index is -0.198. The fourth-order valence-electron chi connectivity index (χ4n) is 1.22. The minimum Gasteiger partial charge on any atom is -0.472 e. The molecule has 0 aliphatic rings. The van der Waals surface area contributed by atoms with Crippen LogP contribution in [0.5, 0.6) is 0 Å². The molecule has 0 unspecified atom stereocenters. The van der Waals surface area contributed by atoms with E-state index in [0.29, 0.717) is 21.2 Å². The van der Waals surface area contributed by atoms with Gasteiger partial charge < -0.3 is 4.42 Å². The van der Waals surface area contributed by atoms with E-state index in [1.54, 1.807) is 24.3 Å². The second-order valence-electron chi connectivity index (χ2n) is 2.97. The van der Waals surface area contributed by atoms with Gasteiger partial charge in [0.2, 0.25) is 0 Å². The van der Waals surface area contributed by atoms with Crippen LogP contribution in [0.25, 0.3) is 0 Å². The summed E-state index contributed by atoms with van der Waals surface area (Å²) in [6, 6.07) is 6.35. The van der Waals surface area contributed by atoms with E-state index in [-0.39, 0.29) is 5.78 Å². The van der Waals surface area contributed by atoms with Crippen molar-refractivity contribution in [2.75, 3.05) is 0 Å². The monoisotopic (exact) mass is 240 g/mol. The molecule has 15 heavy (non-hydrogen) atoms. The molecule has 0 saturated heterocycles. The largest absolute Gasteiger partial charge is 0.472 e. The lowest BCUT2D eigenvalue weighted by Crippen LogP contribution is -2.00. The molecule has 0 N–H and O–H groups in total. The second kappa shape index (κ2) is 4.09. The van der Waals surface area contributed by atoms with Gasteiger partial charge in [0.05, 0.1) is 16.8 Å². The van der Waals surface area contributed by atoms with Crippen molar-refractivity contribution in [2.45, 2.75) is 0 Å². The van der Waals surface area contributed by atoms with Crippen LogP contribution in [0.4, 0.5) is 0 Å². The Hall–Kier alpha value is -1.25. The van der Waals surface area contributed by atoms with Crippen LogP contribution in [0.1, 0.15) is 15.9 Å². The zero-order valence-electron chi connectivity index (χ0n) is 7.54. The van der Waals surface area contributed by atoms with Crippen LogP contribution in [0.3, 0.4) is 0 Å². The van der Waals surface area contributed by atoms with Crippen molar-refractivity contribution in [2.24, 2.45) is 0 Å². The van der Waals surface area contributed by atoms with Gasteiger partial charge in [-0.1, -0.05) is 23.2 Å². The zero-order valence-corrected chi connectivity index (χ0v) is 9.05. The summed E-state index contributed by atoms with van der Waals surface area (Å²) in [6.45, 7) is 0. The summed E-state index contributed by atoms with van der Waals surface area (Å²) in [4.78, 5) is 11.9. The van der Waals surface area contributed by atoms with Gasteiger partial charge in [0.25, 0.3) is 0 Å². The number of carbonyl (C=O) groups excluding carboxylic acids is 1. The Labute approximate surface area is 96.4 Å². The van der Waals surface area contributed by atoms with Crippen LogP contribution in [0.15, 0.2) is 41.2 Å². The van der Waals surface area contributed by atoms with Crippen LogP contribution < -0.4 is 0 Å². The summed E-state index contributed by atoms with van der Waals surface area (Å²) in [6.07, 6.45) is 2.81. The lowest BCUT2D eigenvalue weighted by Gasteiger charge is -2.01. The van der Waals surface area contributed by atoms with E-state index in [0.717, 1.165) is 0 Å². The molecule has 0 aliphatic heterocycles. The van der Waals surface area contributed by atoms with Crippen molar-refractivity contribution in [1.29, 1.82) is 0 Å². The molecule has 0 spiro atoms. The summed E-state index contributed by atoms with van der Waals surface area (Å²) in [5.41, 5.74) is 0.838. The van der Waals surface area contributed by atoms with Crippen molar-refractivity contribution in [3.05, 3.63) is 58.0 Å². The highest BCUT2D eigenvalue weighted by atomic mass is 35.5. The summed E-state index contributed by atoms with van der Waals surface area (Å²) in [5, 5.41) is 0.858. The van der Waals surface area contributed by atoms with E-state index in [1.165, 1.54) is 12.5 Å². The van der Waals surface area contributed by atoms with Gasteiger partial charge in [0.1, 0.15) is 6.26 Å². The summed E-state index contributed by atoms with van der Waals surface area (Å²) >= 11 is 11.7. The van der Waals surface area contributed by atoms with Gasteiger partial charge in [-0.05, 0) is 24.3 Å². The molecular formula is C11H6Cl2O2. The number of halogens is 2. The van der Waals surface area contributed by atoms with Crippen LogP contribution in [0.2, 0.25) is 10.0 Å². The van der Waals surface area contributed by atoms with Crippen molar-refractivity contribution in [3.8, 4) is 0 Å². The van der Waals surface area contributed by atoms with E-state index < -0.39 is 0 Å². The Kier molecular flexibility index (Phi) is 2.80. The van der Waals surface area contributed by atoms with E-state index in [9.17, 15) is 4.79 Å². The first-order valence-electron chi connectivity index (χ1n) is 4.20. The van der Waals surface area contributed by atoms with E-state index in [4.69, 9.17) is 27.6 Å². The minimum absolute atomic E-state index is 0.198. The predicted molar refractivity (Wildman–Crippen MR) is 58.6 cm³/mol. The first-order valence-corrected chi connectivity index (χ1v) is 4.96. The molecule has 0 aliphatic carbocycles. The fraction of sp³-hybridized carbons (Fsp3) is 0. The Morgan fingerprint density at radius 3 is 2.67 bits per heavy atom. The average molecular weight is 241 g/mol. The highest BCUT2D eigenvalue weighted by Gasteiger charge is 2.14. The number of hydrogen-bond acceptors (Lipinski definition) is 2. The first-order chi connectivity index (χ1) is 7.18. The number of ketones is 1. The van der Waals surface area contributed by atoms with E-state index >= 15 is 0 Å². The Morgan fingerprint density at radius 1 is 1.20 bits per heavy atom. The third-order valence-electron chi connectivity index (χ3n) is 1.96. The SMILES string of the molecule is O=C(c1ccoc1)c1cc(Cl)ccc1Cl. The molecule has 2 rings (SSSR count). The Balaban J connectivity index is 2.46. The maximum absolute atomic E-state index is 11.9. The normalized spacial score (nSPS) is 10.3. The van der Waals surface area contributed by atoms with Gasteiger partial charge in [0, 0.05) is 10.6 Å². The molecule has 1 heterocycles. The lowest BCUT2D eigenvalue weighted by molar-refractivity contribution is 0.103. The number of furan rings is 1. The van der Waals surface area contributed by atoms with Gasteiger partial charge in [0.15, 0.2) is 5.78 Å². The molecule has 1 aromatic heterocycles. The van der Waals surface area contributed by atoms with Crippen LogP contribution >= 0.6 is 23.2 Å². The summed E-state index contributed by atoms with van der Waals surface area (Å²) in [5.74, 6) is -0.198. The van der Waals surface area contributed by atoms with Crippen molar-refractivity contribution >= 4 is 29.0 Å². The fourth-order valence-corrected chi connectivity index (χ4v) is 1.60. The lowest BCUT2D eigenvalue weighted by atomic mass is 10.1. The van der Waals surface area contributed by atoms with Crippen molar-refractivity contribution < 1.29 is 9.21 Å². The topological polar surface area (TPSA) is 30.2 Å². The van der Waals surface area contributed by atoms with Gasteiger partial charge in [-0.15, -0.1) is 0 Å². The quantitative estimate of drug-likeness (QED) is 0.748. The molecule has 4 heteroatoms. The molecule has 0 fully saturated rings. The Bertz CT molecular complexity index is 489. The predicted octanol–water partition coefficient (Wildman–Crippen LogP) is 3.82. The molecule has 0 atom stereocenters. The third kappa shape index (κ3) is 2.06. The molecular weight excluding hydrogens is 235 g/mol. The van der Waals surface area contributed by atoms with Gasteiger partial charge in [-0.25, -0.2) is 0 Å². The second-order valence-corrected chi connectivity index (χ2v) is 3.81. The maximum atomic E-state index is 11.9. The van der Waals surface area contributed by atoms with Gasteiger partial charge >= 0.3 is 0 Å². The molecule has 0 amide bonds. The van der Waals surface area contributed by atoms with E-state index in [1.807, 2.05) is 0 Å². The molecule has 2 nitrogen and oxygen atoms in total. The Morgan fingerprint density at radius 2 is 2.00 bits per heavy atom. The van der Waals surface area contributed by atoms with Crippen molar-refractivity contribution in [1.82, 2.24) is 0 Å². The third-order valence-corrected chi connectivity index (χ3v) is 2.52. The van der Waals surface area contributed by atoms with Gasteiger partial charge in [-0.2, -0.15) is 0 Å². The molecule has 1 aromatic carbocycles. The first kappa shape index (κ1) is 10.3. The maximum Gasteiger partial charge on any atom is 0.197 e. The smallest absolute Gasteiger partial charge is 0.197 e.